The molecule has 6 heteroatoms. The average Bonchev–Trinajstić information content (AvgIpc) is 2.63. The molecule has 2 fully saturated rings. The molecule has 1 N–H and O–H groups in total. The van der Waals surface area contributed by atoms with Crippen LogP contribution < -0.4 is 0 Å². The lowest BCUT2D eigenvalue weighted by Crippen LogP contribution is -2.62. The second-order valence-corrected chi connectivity index (χ2v) is 6.13. The molecule has 2 heterocycles. The highest BCUT2D eigenvalue weighted by Crippen LogP contribution is 2.35. The van der Waals surface area contributed by atoms with E-state index >= 15 is 0 Å². The van der Waals surface area contributed by atoms with Gasteiger partial charge in [-0.3, -0.25) is 0 Å². The summed E-state index contributed by atoms with van der Waals surface area (Å²) in [6, 6.07) is 9.74. The lowest BCUT2D eigenvalue weighted by Gasteiger charge is -2.47. The summed E-state index contributed by atoms with van der Waals surface area (Å²) in [6.07, 6.45) is -1.40. The molecule has 2 aliphatic heterocycles. The smallest absolute Gasteiger partial charge is 0.186 e. The van der Waals surface area contributed by atoms with Gasteiger partial charge >= 0.3 is 0 Å². The summed E-state index contributed by atoms with van der Waals surface area (Å²) in [6.45, 7) is 3.03. The first kappa shape index (κ1) is 17.8. The molecule has 134 valence electrons. The third-order valence-electron chi connectivity index (χ3n) is 4.42. The van der Waals surface area contributed by atoms with Crippen molar-refractivity contribution in [2.75, 3.05) is 20.3 Å². The van der Waals surface area contributed by atoms with Crippen molar-refractivity contribution in [3.05, 3.63) is 35.9 Å². The van der Waals surface area contributed by atoms with Crippen molar-refractivity contribution in [3.63, 3.8) is 0 Å². The molecule has 0 spiro atoms. The summed E-state index contributed by atoms with van der Waals surface area (Å²) < 4.78 is 28.8. The number of unbranched alkanes of at least 4 members (excludes halogenated alkanes) is 1. The van der Waals surface area contributed by atoms with E-state index in [2.05, 4.69) is 6.92 Å². The van der Waals surface area contributed by atoms with Gasteiger partial charge in [0.2, 0.25) is 0 Å². The van der Waals surface area contributed by atoms with Gasteiger partial charge in [0.1, 0.15) is 24.4 Å². The van der Waals surface area contributed by atoms with E-state index in [1.165, 1.54) is 7.11 Å². The maximum atomic E-state index is 10.5. The lowest BCUT2D eigenvalue weighted by molar-refractivity contribution is -0.362. The number of ether oxygens (including phenoxy) is 5. The number of aliphatic hydroxyl groups excluding tert-OH is 1. The Bertz CT molecular complexity index is 496. The Kier molecular flexibility index (Phi) is 6.21. The summed E-state index contributed by atoms with van der Waals surface area (Å²) >= 11 is 0. The molecule has 1 aromatic rings. The number of rotatable bonds is 6. The number of hydrogen-bond acceptors (Lipinski definition) is 6. The molecule has 0 amide bonds. The van der Waals surface area contributed by atoms with Crippen LogP contribution in [0.25, 0.3) is 0 Å². The fourth-order valence-corrected chi connectivity index (χ4v) is 3.09. The summed E-state index contributed by atoms with van der Waals surface area (Å²) in [5.74, 6) is 0. The Labute approximate surface area is 142 Å². The first-order chi connectivity index (χ1) is 11.7. The molecule has 0 unspecified atom stereocenters. The van der Waals surface area contributed by atoms with Crippen LogP contribution in [0.15, 0.2) is 30.3 Å². The molecule has 0 aliphatic carbocycles. The van der Waals surface area contributed by atoms with E-state index in [1.807, 2.05) is 30.3 Å². The zero-order chi connectivity index (χ0) is 16.9. The van der Waals surface area contributed by atoms with E-state index in [-0.39, 0.29) is 6.10 Å². The highest BCUT2D eigenvalue weighted by molar-refractivity contribution is 5.16. The van der Waals surface area contributed by atoms with Crippen LogP contribution in [0.2, 0.25) is 0 Å². The van der Waals surface area contributed by atoms with Gasteiger partial charge in [0, 0.05) is 19.3 Å². The SMILES string of the molecule is CCCCO[C@@H]1[C@H](O)[C@@H](OC)O[C@@H]2CO[C@@H](c3ccccc3)O[C@@H]12. The first-order valence-electron chi connectivity index (χ1n) is 8.54. The van der Waals surface area contributed by atoms with Crippen molar-refractivity contribution in [1.82, 2.24) is 0 Å². The fourth-order valence-electron chi connectivity index (χ4n) is 3.09. The van der Waals surface area contributed by atoms with Crippen LogP contribution in [0, 0.1) is 0 Å². The van der Waals surface area contributed by atoms with Crippen molar-refractivity contribution in [2.45, 2.75) is 56.8 Å². The van der Waals surface area contributed by atoms with Gasteiger partial charge < -0.3 is 28.8 Å². The van der Waals surface area contributed by atoms with Crippen molar-refractivity contribution in [3.8, 4) is 0 Å². The zero-order valence-corrected chi connectivity index (χ0v) is 14.2. The Hall–Kier alpha value is -1.02. The molecule has 3 rings (SSSR count). The van der Waals surface area contributed by atoms with E-state index in [4.69, 9.17) is 23.7 Å². The van der Waals surface area contributed by atoms with Gasteiger partial charge in [-0.05, 0) is 6.42 Å². The molecule has 0 saturated carbocycles. The molecule has 0 aromatic heterocycles. The van der Waals surface area contributed by atoms with Gasteiger partial charge in [0.15, 0.2) is 12.6 Å². The van der Waals surface area contributed by atoms with Crippen molar-refractivity contribution >= 4 is 0 Å². The van der Waals surface area contributed by atoms with Gasteiger partial charge in [-0.25, -0.2) is 0 Å². The van der Waals surface area contributed by atoms with Gasteiger partial charge in [-0.2, -0.15) is 0 Å². The number of aliphatic hydroxyl groups is 1. The molecule has 6 nitrogen and oxygen atoms in total. The van der Waals surface area contributed by atoms with E-state index in [0.717, 1.165) is 18.4 Å². The van der Waals surface area contributed by atoms with Crippen LogP contribution in [0.5, 0.6) is 0 Å². The van der Waals surface area contributed by atoms with Gasteiger partial charge in [-0.1, -0.05) is 43.7 Å². The van der Waals surface area contributed by atoms with Crippen molar-refractivity contribution in [2.24, 2.45) is 0 Å². The number of benzene rings is 1. The maximum absolute atomic E-state index is 10.5. The normalized spacial score (nSPS) is 36.3. The molecule has 1 aromatic carbocycles. The first-order valence-corrected chi connectivity index (χ1v) is 8.54. The largest absolute Gasteiger partial charge is 0.385 e. The van der Waals surface area contributed by atoms with Gasteiger partial charge in [-0.15, -0.1) is 0 Å². The number of hydrogen-bond donors (Lipinski definition) is 1. The number of fused-ring (bicyclic) bond motifs is 1. The Morgan fingerprint density at radius 3 is 2.71 bits per heavy atom. The van der Waals surface area contributed by atoms with Crippen LogP contribution in [0.4, 0.5) is 0 Å². The average molecular weight is 338 g/mol. The summed E-state index contributed by atoms with van der Waals surface area (Å²) in [5, 5.41) is 10.5. The Balaban J connectivity index is 1.73. The predicted octanol–water partition coefficient (Wildman–Crippen LogP) is 2.02. The zero-order valence-electron chi connectivity index (χ0n) is 14.2. The highest BCUT2D eigenvalue weighted by atomic mass is 16.8. The number of methoxy groups -OCH3 is 1. The molecular weight excluding hydrogens is 312 g/mol. The van der Waals surface area contributed by atoms with Crippen LogP contribution in [-0.4, -0.2) is 56.1 Å². The van der Waals surface area contributed by atoms with Gasteiger partial charge in [0.05, 0.1) is 6.61 Å². The minimum absolute atomic E-state index is 0.329. The lowest BCUT2D eigenvalue weighted by atomic mass is 9.97. The quantitative estimate of drug-likeness (QED) is 0.801. The van der Waals surface area contributed by atoms with Crippen molar-refractivity contribution < 1.29 is 28.8 Å². The molecule has 2 saturated heterocycles. The monoisotopic (exact) mass is 338 g/mol. The van der Waals surface area contributed by atoms with Crippen LogP contribution in [0.3, 0.4) is 0 Å². The van der Waals surface area contributed by atoms with Crippen LogP contribution in [0.1, 0.15) is 31.6 Å². The minimum Gasteiger partial charge on any atom is -0.385 e. The van der Waals surface area contributed by atoms with E-state index in [0.29, 0.717) is 13.2 Å². The Morgan fingerprint density at radius 2 is 2.00 bits per heavy atom. The Morgan fingerprint density at radius 1 is 1.21 bits per heavy atom. The standard InChI is InChI=1S/C18H26O6/c1-3-4-10-21-16-14(19)18(20-2)23-13-11-22-17(24-15(13)16)12-8-6-5-7-9-12/h5-9,13-19H,3-4,10-11H2,1-2H3/t13-,14+,15-,16-,17-,18+/m1/s1. The third-order valence-corrected chi connectivity index (χ3v) is 4.42. The van der Waals surface area contributed by atoms with Crippen LogP contribution in [-0.2, 0) is 23.7 Å². The van der Waals surface area contributed by atoms with Crippen LogP contribution >= 0.6 is 0 Å². The molecular formula is C18H26O6. The predicted molar refractivity (Wildman–Crippen MR) is 86.3 cm³/mol. The van der Waals surface area contributed by atoms with E-state index in [1.54, 1.807) is 0 Å². The molecule has 6 atom stereocenters. The molecule has 0 radical (unpaired) electrons. The molecule has 24 heavy (non-hydrogen) atoms. The van der Waals surface area contributed by atoms with E-state index in [9.17, 15) is 5.11 Å². The second kappa shape index (κ2) is 8.38. The van der Waals surface area contributed by atoms with E-state index < -0.39 is 30.9 Å². The summed E-state index contributed by atoms with van der Waals surface area (Å²) in [4.78, 5) is 0. The van der Waals surface area contributed by atoms with Gasteiger partial charge in [0.25, 0.3) is 0 Å². The van der Waals surface area contributed by atoms with Crippen molar-refractivity contribution in [1.29, 1.82) is 0 Å². The highest BCUT2D eigenvalue weighted by Gasteiger charge is 2.50. The second-order valence-electron chi connectivity index (χ2n) is 6.13. The topological polar surface area (TPSA) is 66.4 Å². The minimum atomic E-state index is -0.900. The fraction of sp³-hybridized carbons (Fsp3) is 0.667. The summed E-state index contributed by atoms with van der Waals surface area (Å²) in [5.41, 5.74) is 0.937. The maximum Gasteiger partial charge on any atom is 0.186 e. The molecule has 2 aliphatic rings. The summed E-state index contributed by atoms with van der Waals surface area (Å²) in [7, 11) is 1.51. The third kappa shape index (κ3) is 3.79. The molecule has 0 bridgehead atoms.